The van der Waals surface area contributed by atoms with Crippen LogP contribution < -0.4 is 5.32 Å². The van der Waals surface area contributed by atoms with E-state index in [9.17, 15) is 19.7 Å². The average Bonchev–Trinajstić information content (AvgIpc) is 3.25. The molecular formula is C19H24N4O5S. The minimum Gasteiger partial charge on any atom is -0.459 e. The predicted molar refractivity (Wildman–Crippen MR) is 108 cm³/mol. The lowest BCUT2D eigenvalue weighted by Gasteiger charge is -2.15. The van der Waals surface area contributed by atoms with E-state index < -0.39 is 16.8 Å². The topological polar surface area (TPSA) is 116 Å². The molecule has 2 aromatic heterocycles. The lowest BCUT2D eigenvalue weighted by Crippen LogP contribution is -2.25. The van der Waals surface area contributed by atoms with E-state index in [-0.39, 0.29) is 24.2 Å². The zero-order valence-corrected chi connectivity index (χ0v) is 17.5. The third kappa shape index (κ3) is 4.81. The van der Waals surface area contributed by atoms with Crippen molar-refractivity contribution >= 4 is 33.9 Å². The van der Waals surface area contributed by atoms with Gasteiger partial charge in [-0.25, -0.2) is 4.79 Å². The highest BCUT2D eigenvalue weighted by Crippen LogP contribution is 2.39. The first kappa shape index (κ1) is 21.0. The number of fused-ring (bicyclic) bond motifs is 1. The lowest BCUT2D eigenvalue weighted by molar-refractivity contribution is -0.385. The molecule has 1 N–H and O–H groups in total. The molecule has 1 aliphatic carbocycles. The Morgan fingerprint density at radius 3 is 2.72 bits per heavy atom. The SMILES string of the molecule is CC(C)OC(=O)c1c(NC(=O)C(C)Cn2cc([N+](=O)[O-])cn2)sc2c1CCCC2. The summed E-state index contributed by atoms with van der Waals surface area (Å²) in [4.78, 5) is 36.8. The summed E-state index contributed by atoms with van der Waals surface area (Å²) in [7, 11) is 0. The van der Waals surface area contributed by atoms with Gasteiger partial charge in [0.2, 0.25) is 5.91 Å². The molecule has 0 bridgehead atoms. The van der Waals surface area contributed by atoms with Crippen LogP contribution in [0, 0.1) is 16.0 Å². The summed E-state index contributed by atoms with van der Waals surface area (Å²) in [5.41, 5.74) is 1.33. The third-order valence-electron chi connectivity index (χ3n) is 4.69. The Kier molecular flexibility index (Phi) is 6.31. The van der Waals surface area contributed by atoms with Crippen LogP contribution in [0.15, 0.2) is 12.4 Å². The first-order valence-electron chi connectivity index (χ1n) is 9.59. The summed E-state index contributed by atoms with van der Waals surface area (Å²) >= 11 is 1.43. The normalized spacial score (nSPS) is 14.3. The van der Waals surface area contributed by atoms with Gasteiger partial charge in [-0.05, 0) is 45.1 Å². The van der Waals surface area contributed by atoms with E-state index in [0.717, 1.165) is 42.3 Å². The van der Waals surface area contributed by atoms with E-state index in [1.165, 1.54) is 22.2 Å². The summed E-state index contributed by atoms with van der Waals surface area (Å²) in [5.74, 6) is -1.19. The fraction of sp³-hybridized carbons (Fsp3) is 0.526. The Labute approximate surface area is 172 Å². The van der Waals surface area contributed by atoms with Crippen molar-refractivity contribution in [1.29, 1.82) is 0 Å². The van der Waals surface area contributed by atoms with E-state index in [0.29, 0.717) is 10.6 Å². The molecule has 156 valence electrons. The summed E-state index contributed by atoms with van der Waals surface area (Å²) in [6.45, 7) is 5.49. The molecule has 3 rings (SSSR count). The standard InChI is InChI=1S/C19H24N4O5S/c1-11(2)28-19(25)16-14-6-4-5-7-15(14)29-18(16)21-17(24)12(3)9-22-10-13(8-20-22)23(26)27/h8,10-12H,4-7,9H2,1-3H3,(H,21,24). The van der Waals surface area contributed by atoms with Gasteiger partial charge in [-0.2, -0.15) is 5.10 Å². The van der Waals surface area contributed by atoms with Crippen LogP contribution in [0.25, 0.3) is 0 Å². The number of nitrogens with one attached hydrogen (secondary N) is 1. The average molecular weight is 420 g/mol. The molecule has 0 aliphatic heterocycles. The van der Waals surface area contributed by atoms with Crippen LogP contribution in [-0.2, 0) is 28.9 Å². The van der Waals surface area contributed by atoms with Crippen molar-refractivity contribution in [3.8, 4) is 0 Å². The van der Waals surface area contributed by atoms with Crippen molar-refractivity contribution in [2.75, 3.05) is 5.32 Å². The van der Waals surface area contributed by atoms with Gasteiger partial charge in [0, 0.05) is 4.88 Å². The number of ether oxygens (including phenoxy) is 1. The molecule has 2 heterocycles. The number of nitrogens with zero attached hydrogens (tertiary/aromatic N) is 3. The molecule has 1 aliphatic rings. The number of esters is 1. The van der Waals surface area contributed by atoms with Crippen LogP contribution in [0.5, 0.6) is 0 Å². The van der Waals surface area contributed by atoms with Crippen molar-refractivity contribution in [2.45, 2.75) is 59.1 Å². The molecule has 0 saturated carbocycles. The maximum atomic E-state index is 12.7. The number of carbonyl (C=O) groups is 2. The Morgan fingerprint density at radius 1 is 1.34 bits per heavy atom. The Hall–Kier alpha value is -2.75. The predicted octanol–water partition coefficient (Wildman–Crippen LogP) is 3.57. The number of thiophene rings is 1. The van der Waals surface area contributed by atoms with E-state index in [2.05, 4.69) is 10.4 Å². The Morgan fingerprint density at radius 2 is 2.07 bits per heavy atom. The van der Waals surface area contributed by atoms with Gasteiger partial charge in [0.05, 0.1) is 29.1 Å². The van der Waals surface area contributed by atoms with Gasteiger partial charge >= 0.3 is 11.7 Å². The maximum absolute atomic E-state index is 12.7. The highest BCUT2D eigenvalue weighted by molar-refractivity contribution is 7.17. The molecular weight excluding hydrogens is 396 g/mol. The molecule has 9 nitrogen and oxygen atoms in total. The molecule has 10 heteroatoms. The molecule has 29 heavy (non-hydrogen) atoms. The maximum Gasteiger partial charge on any atom is 0.341 e. The summed E-state index contributed by atoms with van der Waals surface area (Å²) < 4.78 is 6.77. The fourth-order valence-corrected chi connectivity index (χ4v) is 4.57. The number of aromatic nitrogens is 2. The second kappa shape index (κ2) is 8.73. The van der Waals surface area contributed by atoms with E-state index in [1.54, 1.807) is 20.8 Å². The second-order valence-electron chi connectivity index (χ2n) is 7.44. The van der Waals surface area contributed by atoms with Crippen LogP contribution in [0.3, 0.4) is 0 Å². The van der Waals surface area contributed by atoms with E-state index in [4.69, 9.17) is 4.74 Å². The number of carbonyl (C=O) groups excluding carboxylic acids is 2. The largest absolute Gasteiger partial charge is 0.459 e. The summed E-state index contributed by atoms with van der Waals surface area (Å²) in [6.07, 6.45) is 5.96. The van der Waals surface area contributed by atoms with E-state index in [1.807, 2.05) is 0 Å². The minimum absolute atomic E-state index is 0.123. The van der Waals surface area contributed by atoms with Gasteiger partial charge in [-0.15, -0.1) is 11.3 Å². The van der Waals surface area contributed by atoms with Crippen molar-refractivity contribution in [3.63, 3.8) is 0 Å². The van der Waals surface area contributed by atoms with Gasteiger partial charge in [0.15, 0.2) is 0 Å². The van der Waals surface area contributed by atoms with Crippen LogP contribution >= 0.6 is 11.3 Å². The van der Waals surface area contributed by atoms with Gasteiger partial charge < -0.3 is 10.1 Å². The quantitative estimate of drug-likeness (QED) is 0.416. The van der Waals surface area contributed by atoms with Crippen LogP contribution in [0.4, 0.5) is 10.7 Å². The number of nitro groups is 1. The number of rotatable bonds is 7. The van der Waals surface area contributed by atoms with Gasteiger partial charge in [0.1, 0.15) is 17.4 Å². The molecule has 1 unspecified atom stereocenters. The number of anilines is 1. The molecule has 0 fully saturated rings. The first-order valence-corrected chi connectivity index (χ1v) is 10.4. The molecule has 1 atom stereocenters. The summed E-state index contributed by atoms with van der Waals surface area (Å²) in [5, 5.41) is 18.1. The number of amides is 1. The smallest absolute Gasteiger partial charge is 0.341 e. The number of hydrogen-bond donors (Lipinski definition) is 1. The molecule has 0 saturated heterocycles. The van der Waals surface area contributed by atoms with Crippen molar-refractivity contribution in [3.05, 3.63) is 38.5 Å². The molecule has 0 radical (unpaired) electrons. The first-order chi connectivity index (χ1) is 13.8. The number of hydrogen-bond acceptors (Lipinski definition) is 7. The zero-order valence-electron chi connectivity index (χ0n) is 16.6. The fourth-order valence-electron chi connectivity index (χ4n) is 3.29. The monoisotopic (exact) mass is 420 g/mol. The van der Waals surface area contributed by atoms with Crippen molar-refractivity contribution in [2.24, 2.45) is 5.92 Å². The van der Waals surface area contributed by atoms with Crippen LogP contribution in [0.1, 0.15) is 54.4 Å². The second-order valence-corrected chi connectivity index (χ2v) is 8.54. The van der Waals surface area contributed by atoms with Crippen LogP contribution in [0.2, 0.25) is 0 Å². The minimum atomic E-state index is -0.531. The van der Waals surface area contributed by atoms with Crippen LogP contribution in [-0.4, -0.2) is 32.7 Å². The molecule has 2 aromatic rings. The molecule has 0 spiro atoms. The van der Waals surface area contributed by atoms with Gasteiger partial charge in [-0.3, -0.25) is 19.6 Å². The summed E-state index contributed by atoms with van der Waals surface area (Å²) in [6, 6.07) is 0. The zero-order chi connectivity index (χ0) is 21.1. The highest BCUT2D eigenvalue weighted by Gasteiger charge is 2.28. The van der Waals surface area contributed by atoms with Gasteiger partial charge in [-0.1, -0.05) is 6.92 Å². The number of aryl methyl sites for hydroxylation is 1. The van der Waals surface area contributed by atoms with E-state index >= 15 is 0 Å². The Bertz CT molecular complexity index is 933. The molecule has 1 amide bonds. The third-order valence-corrected chi connectivity index (χ3v) is 5.90. The van der Waals surface area contributed by atoms with Crippen molar-refractivity contribution in [1.82, 2.24) is 9.78 Å². The Balaban J connectivity index is 1.77. The highest BCUT2D eigenvalue weighted by atomic mass is 32.1. The van der Waals surface area contributed by atoms with Gasteiger partial charge in [0.25, 0.3) is 0 Å². The van der Waals surface area contributed by atoms with Crippen molar-refractivity contribution < 1.29 is 19.2 Å². The lowest BCUT2D eigenvalue weighted by atomic mass is 9.95. The molecule has 0 aromatic carbocycles.